The summed E-state index contributed by atoms with van der Waals surface area (Å²) in [6.07, 6.45) is -1.22. The fourth-order valence-electron chi connectivity index (χ4n) is 8.37. The van der Waals surface area contributed by atoms with E-state index in [1.807, 2.05) is 27.7 Å². The van der Waals surface area contributed by atoms with E-state index in [0.29, 0.717) is 11.1 Å². The molecule has 0 saturated heterocycles. The van der Waals surface area contributed by atoms with Gasteiger partial charge in [-0.05, 0) is 61.5 Å². The molecule has 0 saturated carbocycles. The summed E-state index contributed by atoms with van der Waals surface area (Å²) in [5.74, 6) is -7.80. The zero-order chi connectivity index (χ0) is 55.6. The van der Waals surface area contributed by atoms with Crippen LogP contribution in [-0.4, -0.2) is 172 Å². The van der Waals surface area contributed by atoms with Gasteiger partial charge in [-0.15, -0.1) is 0 Å². The van der Waals surface area contributed by atoms with Crippen molar-refractivity contribution in [2.75, 3.05) is 34.7 Å². The summed E-state index contributed by atoms with van der Waals surface area (Å²) in [6.45, 7) is 16.5. The Balaban J connectivity index is 2.41. The van der Waals surface area contributed by atoms with Crippen molar-refractivity contribution in [1.82, 2.24) is 40.9 Å². The molecule has 0 unspecified atom stereocenters. The van der Waals surface area contributed by atoms with Crippen LogP contribution >= 0.6 is 0 Å². The number of benzene rings is 2. The summed E-state index contributed by atoms with van der Waals surface area (Å²) in [7, 11) is 5.57. The average molecular weight is 1020 g/mol. The predicted molar refractivity (Wildman–Crippen MR) is 277 cm³/mol. The molecule has 2 aromatic rings. The summed E-state index contributed by atoms with van der Waals surface area (Å²) in [4.78, 5) is 129. The van der Waals surface area contributed by atoms with E-state index in [1.54, 1.807) is 88.4 Å². The Hall–Kier alpha value is -6.41. The van der Waals surface area contributed by atoms with Crippen molar-refractivity contribution in [2.45, 2.75) is 149 Å². The monoisotopic (exact) mass is 1020 g/mol. The zero-order valence-corrected chi connectivity index (χ0v) is 45.2. The van der Waals surface area contributed by atoms with Gasteiger partial charge in [0.1, 0.15) is 42.3 Å². The Morgan fingerprint density at radius 1 is 0.521 bits per heavy atom. The molecule has 0 spiro atoms. The van der Waals surface area contributed by atoms with Crippen LogP contribution in [0.1, 0.15) is 93.2 Å². The number of hydrogen-bond donors (Lipinski definition) is 7. The van der Waals surface area contributed by atoms with E-state index >= 15 is 0 Å². The van der Waals surface area contributed by atoms with Crippen molar-refractivity contribution in [3.63, 3.8) is 0 Å². The lowest BCUT2D eigenvalue weighted by atomic mass is 9.97. The first kappa shape index (κ1) is 62.7. The van der Waals surface area contributed by atoms with Crippen LogP contribution in [0.5, 0.6) is 0 Å². The summed E-state index contributed by atoms with van der Waals surface area (Å²) in [5, 5.41) is 31.5. The molecule has 9 atom stereocenters. The minimum atomic E-state index is -1.61. The number of carbonyl (C=O) groups excluding carboxylic acids is 8. The first-order valence-corrected chi connectivity index (χ1v) is 25.0. The van der Waals surface area contributed by atoms with Crippen LogP contribution in [0.25, 0.3) is 0 Å². The van der Waals surface area contributed by atoms with Crippen LogP contribution in [0.2, 0.25) is 0 Å². The van der Waals surface area contributed by atoms with Gasteiger partial charge in [-0.25, -0.2) is 4.79 Å². The van der Waals surface area contributed by atoms with Gasteiger partial charge in [0.05, 0.1) is 18.7 Å². The molecule has 2 aromatic carbocycles. The molecular weight excluding hydrogens is 939 g/mol. The second-order valence-electron chi connectivity index (χ2n) is 20.6. The topological polar surface area (TPSA) is 281 Å². The van der Waals surface area contributed by atoms with Crippen LogP contribution in [0.15, 0.2) is 60.7 Å². The Morgan fingerprint density at radius 3 is 1.44 bits per heavy atom. The number of aliphatic hydroxyl groups excluding tert-OH is 1. The minimum Gasteiger partial charge on any atom is -0.480 e. The predicted octanol–water partition coefficient (Wildman–Crippen LogP) is 1.57. The highest BCUT2D eigenvalue weighted by Gasteiger charge is 2.41. The number of rotatable bonds is 28. The second-order valence-corrected chi connectivity index (χ2v) is 20.6. The Labute approximate surface area is 431 Å². The Morgan fingerprint density at radius 2 is 0.986 bits per heavy atom. The summed E-state index contributed by atoms with van der Waals surface area (Å²) < 4.78 is 0. The number of nitrogens with one attached hydrogen (secondary N) is 4. The average Bonchev–Trinajstić information content (AvgIpc) is 3.32. The molecule has 20 heteroatoms. The number of nitrogens with two attached hydrogens (primary N) is 1. The fraction of sp³-hybridized carbons (Fsp3) is 0.604. The van der Waals surface area contributed by atoms with Crippen LogP contribution in [0.4, 0.5) is 0 Å². The molecular formula is C53H83N9O11. The molecule has 2 rings (SSSR count). The third kappa shape index (κ3) is 18.9. The van der Waals surface area contributed by atoms with Crippen molar-refractivity contribution >= 4 is 53.2 Å². The maximum atomic E-state index is 14.4. The van der Waals surface area contributed by atoms with E-state index in [2.05, 4.69) is 21.3 Å². The Kier molecular flexibility index (Phi) is 25.2. The van der Waals surface area contributed by atoms with Gasteiger partial charge in [0.15, 0.2) is 0 Å². The molecule has 8 N–H and O–H groups in total. The van der Waals surface area contributed by atoms with Gasteiger partial charge in [0.2, 0.25) is 47.3 Å². The molecule has 20 nitrogen and oxygen atoms in total. The first-order valence-electron chi connectivity index (χ1n) is 25.0. The van der Waals surface area contributed by atoms with Crippen molar-refractivity contribution in [2.24, 2.45) is 29.4 Å². The lowest BCUT2D eigenvalue weighted by Gasteiger charge is -2.37. The number of aliphatic carboxylic acids is 1. The lowest BCUT2D eigenvalue weighted by molar-refractivity contribution is -0.150. The third-order valence-electron chi connectivity index (χ3n) is 12.7. The molecule has 0 heterocycles. The highest BCUT2D eigenvalue weighted by Crippen LogP contribution is 2.20. The first-order chi connectivity index (χ1) is 34.0. The van der Waals surface area contributed by atoms with Gasteiger partial charge < -0.3 is 56.8 Å². The third-order valence-corrected chi connectivity index (χ3v) is 12.7. The molecule has 0 radical (unpaired) electrons. The fourth-order valence-corrected chi connectivity index (χ4v) is 8.37. The van der Waals surface area contributed by atoms with E-state index in [9.17, 15) is 53.4 Å². The molecule has 0 aliphatic carbocycles. The molecule has 0 aromatic heterocycles. The van der Waals surface area contributed by atoms with Crippen molar-refractivity contribution in [3.05, 3.63) is 71.8 Å². The molecule has 0 fully saturated rings. The minimum absolute atomic E-state index is 0.00983. The van der Waals surface area contributed by atoms with Crippen molar-refractivity contribution < 1.29 is 53.4 Å². The number of carboxylic acids is 1. The van der Waals surface area contributed by atoms with Crippen molar-refractivity contribution in [1.29, 1.82) is 0 Å². The van der Waals surface area contributed by atoms with E-state index in [1.165, 1.54) is 56.7 Å². The van der Waals surface area contributed by atoms with Gasteiger partial charge >= 0.3 is 5.97 Å². The second kappa shape index (κ2) is 29.3. The maximum absolute atomic E-state index is 14.4. The molecule has 0 bridgehead atoms. The van der Waals surface area contributed by atoms with Crippen LogP contribution in [-0.2, 0) is 56.0 Å². The quantitative estimate of drug-likeness (QED) is 0.0640. The number of carbonyl (C=O) groups is 9. The smallest absolute Gasteiger partial charge is 0.326 e. The number of carboxylic acid groups (broad SMARTS) is 1. The molecule has 8 amide bonds. The van der Waals surface area contributed by atoms with Gasteiger partial charge in [0, 0.05) is 41.0 Å². The van der Waals surface area contributed by atoms with Crippen LogP contribution in [0.3, 0.4) is 0 Å². The zero-order valence-electron chi connectivity index (χ0n) is 45.2. The summed E-state index contributed by atoms with van der Waals surface area (Å²) in [5.41, 5.74) is 7.09. The van der Waals surface area contributed by atoms with Crippen LogP contribution < -0.4 is 27.0 Å². The molecule has 0 aliphatic heterocycles. The van der Waals surface area contributed by atoms with Gasteiger partial charge in [0.25, 0.3) is 0 Å². The molecule has 406 valence electrons. The van der Waals surface area contributed by atoms with Gasteiger partial charge in [-0.3, -0.25) is 38.4 Å². The van der Waals surface area contributed by atoms with E-state index in [-0.39, 0.29) is 43.4 Å². The van der Waals surface area contributed by atoms with E-state index < -0.39 is 120 Å². The number of likely N-dealkylation sites (N-methyl/N-ethyl adjacent to an activating group) is 4. The van der Waals surface area contributed by atoms with Crippen LogP contribution in [0, 0.1) is 23.7 Å². The van der Waals surface area contributed by atoms with E-state index in [0.717, 1.165) is 4.90 Å². The van der Waals surface area contributed by atoms with Gasteiger partial charge in [-0.2, -0.15) is 0 Å². The number of aliphatic hydroxyl groups is 1. The SMILES string of the molecule is CC(C)C[C@@H](C(=O)N(C)[C@H](C(=O)N[C@@H](Cc1ccccc1)C(=O)O)C(C)C)N(C)C(=O)CNC(=O)[C@H](Cc1ccccc1)N(C)C(=O)[C@@H](NC(=O)[C@H](CC(C)C)N(C)C(=O)[C@@H](NC(=O)[C@H](C)N)C(C)C)[C@@H](C)O. The number of hydrogen-bond acceptors (Lipinski definition) is 11. The summed E-state index contributed by atoms with van der Waals surface area (Å²) in [6, 6.07) is 8.03. The normalized spacial score (nSPS) is 15.1. The standard InChI is InChI=1S/C53H83N9O11/c1-30(2)25-39(60(12)51(70)43(32(5)6)57-46(65)34(9)54)48(67)58-44(35(10)63)52(71)61(13)40(28-37-23-19-16-20-24-37)47(66)55-29-42(64)59(11)41(26-31(3)4)50(69)62(14)45(33(7)8)49(68)56-38(53(72)73)27-36-21-17-15-18-22-36/h15-24,30-35,38-41,43-45,63H,25-29,54H2,1-14H3,(H,55,66)(H,56,68)(H,57,65)(H,58,67)(H,72,73)/t34-,35+,38-,39-,40-,41-,43-,44-,45-/m0/s1. The number of nitrogens with zero attached hydrogens (tertiary/aromatic N) is 4. The van der Waals surface area contributed by atoms with Crippen molar-refractivity contribution in [3.8, 4) is 0 Å². The Bertz CT molecular complexity index is 2170. The highest BCUT2D eigenvalue weighted by molar-refractivity contribution is 5.97. The molecule has 0 aliphatic rings. The highest BCUT2D eigenvalue weighted by atomic mass is 16.4. The molecule has 73 heavy (non-hydrogen) atoms. The van der Waals surface area contributed by atoms with E-state index in [4.69, 9.17) is 5.73 Å². The largest absolute Gasteiger partial charge is 0.480 e. The lowest BCUT2D eigenvalue weighted by Crippen LogP contribution is -2.62. The van der Waals surface area contributed by atoms with Gasteiger partial charge in [-0.1, -0.05) is 116 Å². The number of amides is 8. The maximum Gasteiger partial charge on any atom is 0.326 e. The summed E-state index contributed by atoms with van der Waals surface area (Å²) >= 11 is 0.